The normalized spacial score (nSPS) is 46.8. The fourth-order valence-corrected chi connectivity index (χ4v) is 9.35. The number of hydrogen-bond acceptors (Lipinski definition) is 3. The van der Waals surface area contributed by atoms with E-state index in [9.17, 15) is 9.59 Å². The van der Waals surface area contributed by atoms with Crippen molar-refractivity contribution in [2.24, 2.45) is 52.8 Å². The molecule has 0 aromatic heterocycles. The lowest BCUT2D eigenvalue weighted by Gasteiger charge is -2.57. The first-order valence-corrected chi connectivity index (χ1v) is 13.8. The summed E-state index contributed by atoms with van der Waals surface area (Å²) in [5.74, 6) is 7.28. The number of piperazine rings is 1. The summed E-state index contributed by atoms with van der Waals surface area (Å²) in [5.41, 5.74) is 0.236. The maximum absolute atomic E-state index is 13.5. The van der Waals surface area contributed by atoms with Crippen LogP contribution in [0.15, 0.2) is 0 Å². The fraction of sp³-hybridized carbons (Fsp3) is 0.929. The third kappa shape index (κ3) is 3.87. The molecule has 4 nitrogen and oxygen atoms in total. The molecule has 1 amide bonds. The van der Waals surface area contributed by atoms with Gasteiger partial charge in [-0.15, -0.1) is 0 Å². The van der Waals surface area contributed by atoms with Crippen LogP contribution in [-0.4, -0.2) is 54.2 Å². The minimum Gasteiger partial charge on any atom is -0.340 e. The number of carbonyl (C=O) groups is 2. The Labute approximate surface area is 195 Å². The van der Waals surface area contributed by atoms with E-state index in [2.05, 4.69) is 25.7 Å². The first-order chi connectivity index (χ1) is 15.3. The Kier molecular flexibility index (Phi) is 6.22. The highest BCUT2D eigenvalue weighted by atomic mass is 16.2. The van der Waals surface area contributed by atoms with Crippen molar-refractivity contribution in [2.75, 3.05) is 32.7 Å². The molecule has 0 bridgehead atoms. The quantitative estimate of drug-likeness (QED) is 0.626. The molecule has 32 heavy (non-hydrogen) atoms. The molecule has 5 aliphatic rings. The van der Waals surface area contributed by atoms with Crippen molar-refractivity contribution in [3.05, 3.63) is 0 Å². The Morgan fingerprint density at radius 1 is 0.844 bits per heavy atom. The van der Waals surface area contributed by atoms with E-state index in [0.717, 1.165) is 74.0 Å². The second-order valence-electron chi connectivity index (χ2n) is 12.8. The highest BCUT2D eigenvalue weighted by Crippen LogP contribution is 2.64. The van der Waals surface area contributed by atoms with Gasteiger partial charge in [0.1, 0.15) is 5.78 Å². The Morgan fingerprint density at radius 3 is 2.28 bits per heavy atom. The molecule has 4 saturated carbocycles. The summed E-state index contributed by atoms with van der Waals surface area (Å²) in [7, 11) is 0. The second kappa shape index (κ2) is 8.71. The van der Waals surface area contributed by atoms with Gasteiger partial charge in [0.25, 0.3) is 0 Å². The molecule has 1 heterocycles. The molecular weight excluding hydrogens is 396 g/mol. The van der Waals surface area contributed by atoms with E-state index in [1.165, 1.54) is 44.9 Å². The number of fused-ring (bicyclic) bond motifs is 5. The van der Waals surface area contributed by atoms with Crippen LogP contribution in [0.3, 0.4) is 0 Å². The SMILES string of the molecule is CC(=O)N1CCN(CC(=O)C2CCC3C4CCC5CC(C)[C@H](C)CC5C4CCC23C)CC1. The fourth-order valence-electron chi connectivity index (χ4n) is 9.35. The smallest absolute Gasteiger partial charge is 0.219 e. The molecule has 0 aromatic rings. The van der Waals surface area contributed by atoms with Crippen molar-refractivity contribution in [3.8, 4) is 0 Å². The Balaban J connectivity index is 1.23. The van der Waals surface area contributed by atoms with Gasteiger partial charge in [-0.25, -0.2) is 0 Å². The number of Topliss-reactive ketones (excluding diaryl/α,β-unsaturated/α-hetero) is 1. The van der Waals surface area contributed by atoms with Gasteiger partial charge in [-0.3, -0.25) is 14.5 Å². The van der Waals surface area contributed by atoms with Crippen LogP contribution in [0, 0.1) is 52.8 Å². The van der Waals surface area contributed by atoms with Gasteiger partial charge in [0.15, 0.2) is 0 Å². The molecule has 4 heteroatoms. The Hall–Kier alpha value is -0.900. The lowest BCUT2D eigenvalue weighted by Crippen LogP contribution is -2.52. The van der Waals surface area contributed by atoms with Gasteiger partial charge in [-0.2, -0.15) is 0 Å². The van der Waals surface area contributed by atoms with Crippen molar-refractivity contribution in [3.63, 3.8) is 0 Å². The Bertz CT molecular complexity index is 729. The number of carbonyl (C=O) groups excluding carboxylic acids is 2. The van der Waals surface area contributed by atoms with E-state index in [1.54, 1.807) is 6.92 Å². The topological polar surface area (TPSA) is 40.6 Å². The molecule has 0 radical (unpaired) electrons. The lowest BCUT2D eigenvalue weighted by atomic mass is 9.48. The van der Waals surface area contributed by atoms with Crippen molar-refractivity contribution in [2.45, 2.75) is 79.1 Å². The van der Waals surface area contributed by atoms with Crippen molar-refractivity contribution < 1.29 is 9.59 Å². The van der Waals surface area contributed by atoms with Crippen LogP contribution in [-0.2, 0) is 9.59 Å². The first kappa shape index (κ1) is 22.9. The summed E-state index contributed by atoms with van der Waals surface area (Å²) in [6.45, 7) is 13.0. The van der Waals surface area contributed by atoms with Gasteiger partial charge in [-0.1, -0.05) is 20.8 Å². The molecule has 8 unspecified atom stereocenters. The minimum absolute atomic E-state index is 0.162. The van der Waals surface area contributed by atoms with Crippen molar-refractivity contribution in [1.82, 2.24) is 9.80 Å². The van der Waals surface area contributed by atoms with Crippen LogP contribution in [0.1, 0.15) is 79.1 Å². The van der Waals surface area contributed by atoms with Crippen LogP contribution >= 0.6 is 0 Å². The van der Waals surface area contributed by atoms with Crippen LogP contribution < -0.4 is 0 Å². The molecule has 180 valence electrons. The molecule has 5 fully saturated rings. The number of amides is 1. The molecule has 5 rings (SSSR count). The van der Waals surface area contributed by atoms with Crippen LogP contribution in [0.4, 0.5) is 0 Å². The third-order valence-electron chi connectivity index (χ3n) is 11.4. The summed E-state index contributed by atoms with van der Waals surface area (Å²) < 4.78 is 0. The summed E-state index contributed by atoms with van der Waals surface area (Å²) in [5, 5.41) is 0. The predicted molar refractivity (Wildman–Crippen MR) is 128 cm³/mol. The molecule has 0 N–H and O–H groups in total. The number of nitrogens with zero attached hydrogens (tertiary/aromatic N) is 2. The van der Waals surface area contributed by atoms with Gasteiger partial charge < -0.3 is 4.90 Å². The van der Waals surface area contributed by atoms with Crippen LogP contribution in [0.5, 0.6) is 0 Å². The van der Waals surface area contributed by atoms with Gasteiger partial charge in [-0.05, 0) is 98.2 Å². The summed E-state index contributed by atoms with van der Waals surface area (Å²) in [6.07, 6.45) is 10.9. The largest absolute Gasteiger partial charge is 0.340 e. The average Bonchev–Trinajstić information content (AvgIpc) is 3.12. The highest BCUT2D eigenvalue weighted by molar-refractivity contribution is 5.84. The zero-order valence-electron chi connectivity index (χ0n) is 21.0. The van der Waals surface area contributed by atoms with E-state index in [1.807, 2.05) is 4.90 Å². The van der Waals surface area contributed by atoms with Crippen LogP contribution in [0.25, 0.3) is 0 Å². The van der Waals surface area contributed by atoms with E-state index in [0.29, 0.717) is 12.3 Å². The third-order valence-corrected chi connectivity index (χ3v) is 11.4. The Morgan fingerprint density at radius 2 is 1.56 bits per heavy atom. The molecule has 9 atom stereocenters. The molecule has 0 spiro atoms. The lowest BCUT2D eigenvalue weighted by molar-refractivity contribution is -0.133. The zero-order chi connectivity index (χ0) is 22.6. The van der Waals surface area contributed by atoms with E-state index >= 15 is 0 Å². The first-order valence-electron chi connectivity index (χ1n) is 13.8. The maximum Gasteiger partial charge on any atom is 0.219 e. The van der Waals surface area contributed by atoms with Gasteiger partial charge in [0.2, 0.25) is 5.91 Å². The minimum atomic E-state index is 0.162. The second-order valence-corrected chi connectivity index (χ2v) is 12.8. The number of rotatable bonds is 3. The predicted octanol–water partition coefficient (Wildman–Crippen LogP) is 4.87. The van der Waals surface area contributed by atoms with E-state index in [-0.39, 0.29) is 17.2 Å². The molecule has 4 aliphatic carbocycles. The summed E-state index contributed by atoms with van der Waals surface area (Å²) in [4.78, 5) is 29.4. The number of ketones is 1. The summed E-state index contributed by atoms with van der Waals surface area (Å²) >= 11 is 0. The van der Waals surface area contributed by atoms with E-state index in [4.69, 9.17) is 0 Å². The maximum atomic E-state index is 13.5. The highest BCUT2D eigenvalue weighted by Gasteiger charge is 2.58. The van der Waals surface area contributed by atoms with E-state index < -0.39 is 0 Å². The molecular formula is C28H46N2O2. The monoisotopic (exact) mass is 442 g/mol. The molecule has 0 aromatic carbocycles. The summed E-state index contributed by atoms with van der Waals surface area (Å²) in [6, 6.07) is 0. The van der Waals surface area contributed by atoms with Crippen molar-refractivity contribution >= 4 is 11.7 Å². The van der Waals surface area contributed by atoms with Crippen molar-refractivity contribution in [1.29, 1.82) is 0 Å². The standard InChI is InChI=1S/C28H46N2O2/c1-18-15-21-5-6-23-22(24(21)16-19(18)2)9-10-28(4)25(23)7-8-26(28)27(32)17-29-11-13-30(14-12-29)20(3)31/h18-19,21-26H,5-17H2,1-4H3/t18?,19-,21?,22?,23?,24?,25?,26?,28?/m1/s1. The number of hydrogen-bond donors (Lipinski definition) is 0. The average molecular weight is 443 g/mol. The molecule has 1 saturated heterocycles. The van der Waals surface area contributed by atoms with Crippen LogP contribution in [0.2, 0.25) is 0 Å². The molecule has 1 aliphatic heterocycles. The van der Waals surface area contributed by atoms with Gasteiger partial charge in [0, 0.05) is 39.0 Å². The zero-order valence-corrected chi connectivity index (χ0v) is 21.0. The van der Waals surface area contributed by atoms with Gasteiger partial charge >= 0.3 is 0 Å². The van der Waals surface area contributed by atoms with Gasteiger partial charge in [0.05, 0.1) is 6.54 Å².